The van der Waals surface area contributed by atoms with Gasteiger partial charge in [-0.05, 0) is 38.7 Å². The van der Waals surface area contributed by atoms with E-state index in [-0.39, 0.29) is 18.3 Å². The average molecular weight is 267 g/mol. The van der Waals surface area contributed by atoms with Gasteiger partial charge in [-0.3, -0.25) is 9.59 Å². The molecule has 2 N–H and O–H groups in total. The number of amides is 1. The van der Waals surface area contributed by atoms with Crippen molar-refractivity contribution >= 4 is 23.0 Å². The summed E-state index contributed by atoms with van der Waals surface area (Å²) in [5.74, 6) is 0.104. The van der Waals surface area contributed by atoms with Gasteiger partial charge in [-0.2, -0.15) is 0 Å². The zero-order valence-corrected chi connectivity index (χ0v) is 11.3. The highest BCUT2D eigenvalue weighted by molar-refractivity contribution is 7.12. The Morgan fingerprint density at radius 3 is 2.67 bits per heavy atom. The molecule has 1 aromatic heterocycles. The van der Waals surface area contributed by atoms with Crippen molar-refractivity contribution in [3.63, 3.8) is 0 Å². The molecule has 98 valence electrons. The van der Waals surface area contributed by atoms with Gasteiger partial charge in [0.1, 0.15) is 0 Å². The Balaban J connectivity index is 2.08. The number of nitrogens with one attached hydrogen (secondary N) is 1. The third-order valence-corrected chi connectivity index (χ3v) is 4.36. The van der Waals surface area contributed by atoms with Crippen LogP contribution in [0.2, 0.25) is 0 Å². The summed E-state index contributed by atoms with van der Waals surface area (Å²) in [5, 5.41) is 14.0. The first kappa shape index (κ1) is 13.2. The molecule has 0 spiro atoms. The molecule has 0 radical (unpaired) electrons. The monoisotopic (exact) mass is 267 g/mol. The number of carbonyl (C=O) groups is 2. The van der Waals surface area contributed by atoms with E-state index in [9.17, 15) is 14.7 Å². The van der Waals surface area contributed by atoms with E-state index in [0.717, 1.165) is 12.8 Å². The van der Waals surface area contributed by atoms with Crippen LogP contribution in [0.4, 0.5) is 0 Å². The second kappa shape index (κ2) is 4.82. The molecule has 18 heavy (non-hydrogen) atoms. The van der Waals surface area contributed by atoms with E-state index >= 15 is 0 Å². The van der Waals surface area contributed by atoms with Gasteiger partial charge in [0.15, 0.2) is 5.78 Å². The molecule has 1 aliphatic carbocycles. The lowest BCUT2D eigenvalue weighted by Gasteiger charge is -2.28. The SMILES string of the molecule is CC(=O)c1csc(C(=O)NC(C)(CO)C2CC2)c1. The van der Waals surface area contributed by atoms with Crippen LogP contribution in [0, 0.1) is 5.92 Å². The molecule has 1 heterocycles. The van der Waals surface area contributed by atoms with Gasteiger partial charge in [-0.25, -0.2) is 0 Å². The van der Waals surface area contributed by atoms with Gasteiger partial charge in [0.05, 0.1) is 17.0 Å². The van der Waals surface area contributed by atoms with Crippen LogP contribution in [0.5, 0.6) is 0 Å². The first-order valence-corrected chi connectivity index (χ1v) is 6.87. The quantitative estimate of drug-likeness (QED) is 0.800. The fraction of sp³-hybridized carbons (Fsp3) is 0.538. The number of rotatable bonds is 5. The highest BCUT2D eigenvalue weighted by Gasteiger charge is 2.42. The molecule has 4 nitrogen and oxygen atoms in total. The smallest absolute Gasteiger partial charge is 0.261 e. The van der Waals surface area contributed by atoms with Gasteiger partial charge >= 0.3 is 0 Å². The summed E-state index contributed by atoms with van der Waals surface area (Å²) < 4.78 is 0. The molecule has 1 unspecified atom stereocenters. The Labute approximate surface area is 110 Å². The van der Waals surface area contributed by atoms with E-state index < -0.39 is 5.54 Å². The fourth-order valence-electron chi connectivity index (χ4n) is 1.95. The van der Waals surface area contributed by atoms with Crippen molar-refractivity contribution in [2.75, 3.05) is 6.61 Å². The lowest BCUT2D eigenvalue weighted by atomic mass is 9.97. The van der Waals surface area contributed by atoms with Crippen LogP contribution in [0.1, 0.15) is 46.7 Å². The van der Waals surface area contributed by atoms with E-state index in [1.807, 2.05) is 6.92 Å². The maximum atomic E-state index is 12.1. The third kappa shape index (κ3) is 2.62. The number of aliphatic hydroxyl groups excluding tert-OH is 1. The lowest BCUT2D eigenvalue weighted by molar-refractivity contribution is 0.0828. The van der Waals surface area contributed by atoms with Crippen molar-refractivity contribution in [2.24, 2.45) is 5.92 Å². The van der Waals surface area contributed by atoms with Gasteiger partial charge in [0, 0.05) is 10.9 Å². The maximum Gasteiger partial charge on any atom is 0.261 e. The average Bonchev–Trinajstić information content (AvgIpc) is 3.06. The van der Waals surface area contributed by atoms with E-state index in [4.69, 9.17) is 0 Å². The predicted molar refractivity (Wildman–Crippen MR) is 70.0 cm³/mol. The van der Waals surface area contributed by atoms with Crippen molar-refractivity contribution in [3.05, 3.63) is 21.9 Å². The number of Topliss-reactive ketones (excluding diaryl/α,β-unsaturated/α-hetero) is 1. The molecule has 1 atom stereocenters. The van der Waals surface area contributed by atoms with Crippen LogP contribution >= 0.6 is 11.3 Å². The zero-order valence-electron chi connectivity index (χ0n) is 10.5. The van der Waals surface area contributed by atoms with Gasteiger partial charge < -0.3 is 10.4 Å². The summed E-state index contributed by atoms with van der Waals surface area (Å²) in [6.07, 6.45) is 2.08. The first-order valence-electron chi connectivity index (χ1n) is 5.99. The lowest BCUT2D eigenvalue weighted by Crippen LogP contribution is -2.50. The first-order chi connectivity index (χ1) is 8.46. The highest BCUT2D eigenvalue weighted by Crippen LogP contribution is 2.39. The number of hydrogen-bond donors (Lipinski definition) is 2. The zero-order chi connectivity index (χ0) is 13.3. The number of carbonyl (C=O) groups excluding carboxylic acids is 2. The topological polar surface area (TPSA) is 66.4 Å². The van der Waals surface area contributed by atoms with Crippen LogP contribution in [0.3, 0.4) is 0 Å². The molecule has 0 bridgehead atoms. The van der Waals surface area contributed by atoms with Crippen molar-refractivity contribution in [1.29, 1.82) is 0 Å². The summed E-state index contributed by atoms with van der Waals surface area (Å²) in [4.78, 5) is 23.8. The standard InChI is InChI=1S/C13H17NO3S/c1-8(16)9-5-11(18-6-9)12(17)14-13(2,7-15)10-3-4-10/h5-6,10,15H,3-4,7H2,1-2H3,(H,14,17). The summed E-state index contributed by atoms with van der Waals surface area (Å²) in [6.45, 7) is 3.28. The van der Waals surface area contributed by atoms with Crippen molar-refractivity contribution in [2.45, 2.75) is 32.2 Å². The van der Waals surface area contributed by atoms with Crippen molar-refractivity contribution < 1.29 is 14.7 Å². The maximum absolute atomic E-state index is 12.1. The van der Waals surface area contributed by atoms with E-state index in [0.29, 0.717) is 16.4 Å². The Morgan fingerprint density at radius 1 is 1.56 bits per heavy atom. The van der Waals surface area contributed by atoms with Crippen molar-refractivity contribution in [3.8, 4) is 0 Å². The molecular formula is C13H17NO3S. The number of aliphatic hydroxyl groups is 1. The normalized spacial score (nSPS) is 18.2. The summed E-state index contributed by atoms with van der Waals surface area (Å²) in [7, 11) is 0. The minimum atomic E-state index is -0.544. The van der Waals surface area contributed by atoms with Gasteiger partial charge in [-0.1, -0.05) is 0 Å². The fourth-order valence-corrected chi connectivity index (χ4v) is 2.79. The summed E-state index contributed by atoms with van der Waals surface area (Å²) >= 11 is 1.25. The molecule has 1 saturated carbocycles. The molecule has 1 amide bonds. The molecule has 0 aromatic carbocycles. The molecule has 1 fully saturated rings. The number of ketones is 1. The largest absolute Gasteiger partial charge is 0.394 e. The third-order valence-electron chi connectivity index (χ3n) is 3.44. The number of thiophene rings is 1. The van der Waals surface area contributed by atoms with Gasteiger partial charge in [0.2, 0.25) is 0 Å². The molecule has 0 aliphatic heterocycles. The Morgan fingerprint density at radius 2 is 2.22 bits per heavy atom. The van der Waals surface area contributed by atoms with Gasteiger partial charge in [0.25, 0.3) is 5.91 Å². The molecule has 1 aliphatic rings. The summed E-state index contributed by atoms with van der Waals surface area (Å²) in [5.41, 5.74) is 0.0135. The van der Waals surface area contributed by atoms with E-state index in [1.165, 1.54) is 18.3 Å². The van der Waals surface area contributed by atoms with Crippen LogP contribution in [-0.4, -0.2) is 28.9 Å². The Bertz CT molecular complexity index is 478. The Hall–Kier alpha value is -1.20. The molecule has 1 aromatic rings. The Kier molecular flexibility index (Phi) is 3.54. The van der Waals surface area contributed by atoms with Crippen LogP contribution < -0.4 is 5.32 Å². The second-order valence-electron chi connectivity index (χ2n) is 5.06. The highest BCUT2D eigenvalue weighted by atomic mass is 32.1. The van der Waals surface area contributed by atoms with Crippen LogP contribution in [0.25, 0.3) is 0 Å². The van der Waals surface area contributed by atoms with E-state index in [1.54, 1.807) is 11.4 Å². The van der Waals surface area contributed by atoms with Crippen LogP contribution in [-0.2, 0) is 0 Å². The minimum Gasteiger partial charge on any atom is -0.394 e. The van der Waals surface area contributed by atoms with Crippen LogP contribution in [0.15, 0.2) is 11.4 Å². The molecule has 2 rings (SSSR count). The summed E-state index contributed by atoms with van der Waals surface area (Å²) in [6, 6.07) is 1.60. The van der Waals surface area contributed by atoms with Gasteiger partial charge in [-0.15, -0.1) is 11.3 Å². The minimum absolute atomic E-state index is 0.0441. The molecule has 5 heteroatoms. The second-order valence-corrected chi connectivity index (χ2v) is 5.97. The predicted octanol–water partition coefficient (Wildman–Crippen LogP) is 1.84. The number of hydrogen-bond acceptors (Lipinski definition) is 4. The van der Waals surface area contributed by atoms with E-state index in [2.05, 4.69) is 5.32 Å². The van der Waals surface area contributed by atoms with Crippen molar-refractivity contribution in [1.82, 2.24) is 5.32 Å². The molecule has 0 saturated heterocycles. The molecular weight excluding hydrogens is 250 g/mol.